The van der Waals surface area contributed by atoms with Gasteiger partial charge in [0.1, 0.15) is 4.88 Å². The highest BCUT2D eigenvalue weighted by molar-refractivity contribution is 7.08. The van der Waals surface area contributed by atoms with Crippen molar-refractivity contribution < 1.29 is 4.79 Å². The lowest BCUT2D eigenvalue weighted by Crippen LogP contribution is -2.28. The van der Waals surface area contributed by atoms with Crippen LogP contribution in [0.1, 0.15) is 45.4 Å². The van der Waals surface area contributed by atoms with Crippen LogP contribution in [0.5, 0.6) is 0 Å². The van der Waals surface area contributed by atoms with E-state index < -0.39 is 0 Å². The molecule has 136 valence electrons. The summed E-state index contributed by atoms with van der Waals surface area (Å²) in [5, 5.41) is 5.02. The lowest BCUT2D eigenvalue weighted by molar-refractivity contribution is 0.102. The lowest BCUT2D eigenvalue weighted by Gasteiger charge is -2.22. The average Bonchev–Trinajstić information content (AvgIpc) is 3.21. The van der Waals surface area contributed by atoms with Crippen molar-refractivity contribution >= 4 is 28.7 Å². The smallest absolute Gasteiger partial charge is 0.267 e. The second-order valence-electron chi connectivity index (χ2n) is 6.93. The fourth-order valence-corrected chi connectivity index (χ4v) is 4.40. The van der Waals surface area contributed by atoms with E-state index in [0.29, 0.717) is 5.92 Å². The van der Waals surface area contributed by atoms with Gasteiger partial charge in [0.2, 0.25) is 0 Å². The molecule has 1 aliphatic carbocycles. The molecule has 0 saturated heterocycles. The normalized spacial score (nSPS) is 18.2. The number of rotatable bonds is 4. The molecule has 1 fully saturated rings. The molecule has 2 aliphatic heterocycles. The minimum Gasteiger partial charge on any atom is -0.321 e. The number of anilines is 1. The number of aromatic nitrogens is 2. The predicted octanol–water partition coefficient (Wildman–Crippen LogP) is 3.59. The van der Waals surface area contributed by atoms with Crippen molar-refractivity contribution in [3.8, 4) is 0 Å². The lowest BCUT2D eigenvalue weighted by atomic mass is 9.98. The Morgan fingerprint density at radius 1 is 1.41 bits per heavy atom. The minimum atomic E-state index is -0.0893. The Kier molecular flexibility index (Phi) is 3.91. The maximum absolute atomic E-state index is 13.0. The van der Waals surface area contributed by atoms with Crippen molar-refractivity contribution in [1.29, 1.82) is 0 Å². The summed E-state index contributed by atoms with van der Waals surface area (Å²) < 4.78 is 4.71. The van der Waals surface area contributed by atoms with Crippen molar-refractivity contribution in [3.05, 3.63) is 70.3 Å². The molecule has 4 heterocycles. The molecule has 0 atom stereocenters. The Balaban J connectivity index is 1.51. The number of nitrogens with one attached hydrogen (secondary N) is 2. The molecule has 2 aromatic heterocycles. The number of carbonyl (C=O) groups is 1. The van der Waals surface area contributed by atoms with Gasteiger partial charge >= 0.3 is 0 Å². The van der Waals surface area contributed by atoms with Gasteiger partial charge in [0, 0.05) is 41.5 Å². The first-order valence-corrected chi connectivity index (χ1v) is 9.84. The zero-order valence-electron chi connectivity index (χ0n) is 14.9. The molecule has 6 nitrogen and oxygen atoms in total. The SMILES string of the molecule is Cc1cc(NC(=O)c2snc(C3=CC=CN4NCC=C34)c2C2CC2)ccn1. The first-order chi connectivity index (χ1) is 13.2. The first-order valence-electron chi connectivity index (χ1n) is 9.06. The molecule has 0 aromatic carbocycles. The van der Waals surface area contributed by atoms with Crippen molar-refractivity contribution in [2.45, 2.75) is 25.7 Å². The predicted molar refractivity (Wildman–Crippen MR) is 106 cm³/mol. The van der Waals surface area contributed by atoms with Crippen LogP contribution in [0.2, 0.25) is 0 Å². The van der Waals surface area contributed by atoms with Crippen molar-refractivity contribution in [1.82, 2.24) is 19.8 Å². The summed E-state index contributed by atoms with van der Waals surface area (Å²) in [6, 6.07) is 3.68. The number of amides is 1. The van der Waals surface area contributed by atoms with Gasteiger partial charge in [0.15, 0.2) is 0 Å². The zero-order valence-corrected chi connectivity index (χ0v) is 15.7. The number of pyridine rings is 1. The van der Waals surface area contributed by atoms with E-state index in [-0.39, 0.29) is 5.91 Å². The number of allylic oxidation sites excluding steroid dienone is 3. The number of aryl methyl sites for hydroxylation is 1. The molecule has 2 aromatic rings. The number of carbonyl (C=O) groups excluding carboxylic acids is 1. The third-order valence-corrected chi connectivity index (χ3v) is 5.78. The van der Waals surface area contributed by atoms with E-state index in [1.807, 2.05) is 36.3 Å². The van der Waals surface area contributed by atoms with Crippen molar-refractivity contribution in [2.75, 3.05) is 11.9 Å². The van der Waals surface area contributed by atoms with Crippen LogP contribution in [-0.4, -0.2) is 26.8 Å². The summed E-state index contributed by atoms with van der Waals surface area (Å²) in [5.74, 6) is 0.336. The van der Waals surface area contributed by atoms with Crippen LogP contribution in [0, 0.1) is 6.92 Å². The molecule has 2 N–H and O–H groups in total. The molecular formula is C20H19N5OS. The number of hydrazine groups is 1. The van der Waals surface area contributed by atoms with Crippen LogP contribution < -0.4 is 10.7 Å². The van der Waals surface area contributed by atoms with E-state index in [1.165, 1.54) is 11.5 Å². The average molecular weight is 377 g/mol. The molecule has 1 amide bonds. The topological polar surface area (TPSA) is 70.2 Å². The molecule has 7 heteroatoms. The van der Waals surface area contributed by atoms with Gasteiger partial charge in [-0.25, -0.2) is 5.43 Å². The molecule has 3 aliphatic rings. The van der Waals surface area contributed by atoms with E-state index in [0.717, 1.165) is 58.2 Å². The van der Waals surface area contributed by atoms with E-state index in [2.05, 4.69) is 27.9 Å². The Hall–Kier alpha value is -2.77. The summed E-state index contributed by atoms with van der Waals surface area (Å²) in [4.78, 5) is 17.9. The maximum Gasteiger partial charge on any atom is 0.267 e. The standard InChI is InChI=1S/C20H19N5OS/c1-12-11-14(6-8-21-12)23-20(26)19-17(13-4-5-13)18(24-27-19)15-3-2-10-25-16(15)7-9-22-25/h2-3,6-8,10-11,13,22H,4-5,9H2,1H3,(H,21,23,26). The summed E-state index contributed by atoms with van der Waals surface area (Å²) in [6.45, 7) is 2.71. The fraction of sp³-hybridized carbons (Fsp3) is 0.250. The first kappa shape index (κ1) is 16.4. The monoisotopic (exact) mass is 377 g/mol. The highest BCUT2D eigenvalue weighted by Gasteiger charge is 2.36. The number of fused-ring (bicyclic) bond motifs is 1. The molecule has 0 unspecified atom stereocenters. The number of hydrogen-bond donors (Lipinski definition) is 2. The Bertz CT molecular complexity index is 1020. The van der Waals surface area contributed by atoms with Gasteiger partial charge in [0.05, 0.1) is 11.4 Å². The van der Waals surface area contributed by atoms with Crippen LogP contribution in [0.4, 0.5) is 5.69 Å². The Morgan fingerprint density at radius 3 is 3.11 bits per heavy atom. The third kappa shape index (κ3) is 2.98. The largest absolute Gasteiger partial charge is 0.321 e. The van der Waals surface area contributed by atoms with Gasteiger partial charge in [-0.1, -0.05) is 0 Å². The molecule has 1 saturated carbocycles. The highest BCUT2D eigenvalue weighted by atomic mass is 32.1. The molecule has 5 rings (SSSR count). The molecular weight excluding hydrogens is 358 g/mol. The van der Waals surface area contributed by atoms with E-state index in [4.69, 9.17) is 4.37 Å². The van der Waals surface area contributed by atoms with Gasteiger partial charge in [-0.2, -0.15) is 4.37 Å². The van der Waals surface area contributed by atoms with Gasteiger partial charge in [-0.05, 0) is 67.6 Å². The molecule has 27 heavy (non-hydrogen) atoms. The third-order valence-electron chi connectivity index (χ3n) is 4.92. The van der Waals surface area contributed by atoms with Gasteiger partial charge in [0.25, 0.3) is 5.91 Å². The van der Waals surface area contributed by atoms with E-state index in [9.17, 15) is 4.79 Å². The van der Waals surface area contributed by atoms with Crippen molar-refractivity contribution in [2.24, 2.45) is 0 Å². The van der Waals surface area contributed by atoms with E-state index in [1.54, 1.807) is 6.20 Å². The Labute approximate surface area is 161 Å². The maximum atomic E-state index is 13.0. The minimum absolute atomic E-state index is 0.0893. The van der Waals surface area contributed by atoms with Crippen LogP contribution in [0.15, 0.2) is 48.5 Å². The van der Waals surface area contributed by atoms with Crippen LogP contribution in [0.3, 0.4) is 0 Å². The molecule has 0 spiro atoms. The number of nitrogens with zero attached hydrogens (tertiary/aromatic N) is 3. The Morgan fingerprint density at radius 2 is 2.30 bits per heavy atom. The fourth-order valence-electron chi connectivity index (χ4n) is 3.52. The highest BCUT2D eigenvalue weighted by Crippen LogP contribution is 2.47. The van der Waals surface area contributed by atoms with Gasteiger partial charge in [-0.3, -0.25) is 14.8 Å². The zero-order chi connectivity index (χ0) is 18.4. The summed E-state index contributed by atoms with van der Waals surface area (Å²) in [7, 11) is 0. The van der Waals surface area contributed by atoms with Gasteiger partial charge < -0.3 is 5.32 Å². The number of hydrogen-bond acceptors (Lipinski definition) is 6. The van der Waals surface area contributed by atoms with Crippen LogP contribution in [-0.2, 0) is 0 Å². The van der Waals surface area contributed by atoms with E-state index >= 15 is 0 Å². The second-order valence-corrected chi connectivity index (χ2v) is 7.71. The summed E-state index contributed by atoms with van der Waals surface area (Å²) in [6.07, 6.45) is 12.2. The molecule has 0 bridgehead atoms. The van der Waals surface area contributed by atoms with Crippen LogP contribution in [0.25, 0.3) is 5.57 Å². The van der Waals surface area contributed by atoms with Gasteiger partial charge in [-0.15, -0.1) is 0 Å². The summed E-state index contributed by atoms with van der Waals surface area (Å²) in [5.41, 5.74) is 9.17. The quantitative estimate of drug-likeness (QED) is 0.852. The van der Waals surface area contributed by atoms with Crippen LogP contribution >= 0.6 is 11.5 Å². The molecule has 0 radical (unpaired) electrons. The second kappa shape index (κ2) is 6.44. The summed E-state index contributed by atoms with van der Waals surface area (Å²) >= 11 is 1.30. The van der Waals surface area contributed by atoms with Crippen molar-refractivity contribution in [3.63, 3.8) is 0 Å².